The summed E-state index contributed by atoms with van der Waals surface area (Å²) in [5.41, 5.74) is 1.76. The van der Waals surface area contributed by atoms with Gasteiger partial charge in [0.25, 0.3) is 5.56 Å². The Morgan fingerprint density at radius 1 is 1.39 bits per heavy atom. The molecule has 8 heteroatoms. The van der Waals surface area contributed by atoms with Gasteiger partial charge in [-0.3, -0.25) is 9.59 Å². The molecule has 0 saturated carbocycles. The van der Waals surface area contributed by atoms with Crippen molar-refractivity contribution in [2.75, 3.05) is 5.32 Å². The van der Waals surface area contributed by atoms with E-state index < -0.39 is 34.4 Å². The van der Waals surface area contributed by atoms with Crippen molar-refractivity contribution in [3.63, 3.8) is 0 Å². The third kappa shape index (κ3) is 3.33. The van der Waals surface area contributed by atoms with Crippen LogP contribution in [0.1, 0.15) is 19.4 Å². The number of H-pyrrole nitrogens is 1. The zero-order valence-corrected chi connectivity index (χ0v) is 9.68. The smallest absolute Gasteiger partial charge is 0.327 e. The van der Waals surface area contributed by atoms with E-state index in [0.717, 1.165) is 0 Å². The summed E-state index contributed by atoms with van der Waals surface area (Å²) in [5.74, 6) is -0.757. The topological polar surface area (TPSA) is 88.0 Å². The van der Waals surface area contributed by atoms with Gasteiger partial charge in [0.05, 0.1) is 11.1 Å². The molecule has 0 fully saturated rings. The predicted molar refractivity (Wildman–Crippen MR) is 59.0 cm³/mol. The average molecular weight is 263 g/mol. The van der Waals surface area contributed by atoms with Crippen LogP contribution in [-0.2, 0) is 11.0 Å². The highest BCUT2D eigenvalue weighted by Gasteiger charge is 2.32. The maximum Gasteiger partial charge on any atom is 0.417 e. The maximum atomic E-state index is 12.4. The summed E-state index contributed by atoms with van der Waals surface area (Å²) in [7, 11) is 0. The summed E-state index contributed by atoms with van der Waals surface area (Å²) in [6.45, 7) is 2.73. The van der Waals surface area contributed by atoms with Gasteiger partial charge >= 0.3 is 6.18 Å². The molecule has 1 aromatic heterocycles. The Balaban J connectivity index is 3.11. The molecule has 1 heterocycles. The number of hydrogen-bond donors (Lipinski definition) is 3. The van der Waals surface area contributed by atoms with Crippen molar-refractivity contribution in [1.82, 2.24) is 4.98 Å². The van der Waals surface area contributed by atoms with Crippen LogP contribution in [0.25, 0.3) is 0 Å². The number of hydrogen-bond acceptors (Lipinski definition) is 3. The van der Waals surface area contributed by atoms with Crippen LogP contribution in [0.3, 0.4) is 0 Å². The van der Waals surface area contributed by atoms with Gasteiger partial charge in [0, 0.05) is 6.20 Å². The van der Waals surface area contributed by atoms with E-state index in [1.54, 1.807) is 0 Å². The van der Waals surface area contributed by atoms with Crippen molar-refractivity contribution < 1.29 is 18.0 Å². The summed E-state index contributed by atoms with van der Waals surface area (Å²) in [6, 6.07) is 0.558. The van der Waals surface area contributed by atoms with Crippen LogP contribution in [0.5, 0.6) is 0 Å². The number of nitrogens with one attached hydrogen (secondary N) is 2. The monoisotopic (exact) mass is 263 g/mol. The molecule has 100 valence electrons. The van der Waals surface area contributed by atoms with Crippen LogP contribution in [-0.4, -0.2) is 16.4 Å². The molecule has 1 amide bonds. The molecule has 0 aliphatic carbocycles. The lowest BCUT2D eigenvalue weighted by molar-refractivity contribution is -0.137. The third-order valence-corrected chi connectivity index (χ3v) is 2.06. The molecule has 18 heavy (non-hydrogen) atoms. The molecular weight excluding hydrogens is 251 g/mol. The standard InChI is InChI=1S/C10H12F3N3O2/c1-9(2,14)8(18)16-6-3-5(10(11,12)13)4-15-7(6)17/h3-4H,14H2,1-2H3,(H,15,17)(H,16,18). The minimum Gasteiger partial charge on any atom is -0.327 e. The first-order valence-corrected chi connectivity index (χ1v) is 4.92. The maximum absolute atomic E-state index is 12.4. The summed E-state index contributed by atoms with van der Waals surface area (Å²) in [5, 5.41) is 2.05. The fourth-order valence-corrected chi connectivity index (χ4v) is 1.02. The Kier molecular flexibility index (Phi) is 3.52. The molecule has 0 atom stereocenters. The first-order chi connectivity index (χ1) is 8.01. The second-order valence-electron chi connectivity index (χ2n) is 4.30. The zero-order chi connectivity index (χ0) is 14.1. The van der Waals surface area contributed by atoms with E-state index in [0.29, 0.717) is 12.3 Å². The second-order valence-corrected chi connectivity index (χ2v) is 4.30. The van der Waals surface area contributed by atoms with Gasteiger partial charge < -0.3 is 16.0 Å². The van der Waals surface area contributed by atoms with Crippen LogP contribution >= 0.6 is 0 Å². The van der Waals surface area contributed by atoms with Crippen molar-refractivity contribution in [3.8, 4) is 0 Å². The minimum absolute atomic E-state index is 0.492. The third-order valence-electron chi connectivity index (χ3n) is 2.06. The molecule has 1 rings (SSSR count). The van der Waals surface area contributed by atoms with E-state index in [2.05, 4.69) is 5.32 Å². The number of halogens is 3. The Bertz CT molecular complexity index is 514. The highest BCUT2D eigenvalue weighted by Crippen LogP contribution is 2.29. The number of carbonyl (C=O) groups is 1. The number of amides is 1. The lowest BCUT2D eigenvalue weighted by Gasteiger charge is -2.17. The van der Waals surface area contributed by atoms with Gasteiger partial charge in [-0.05, 0) is 19.9 Å². The normalized spacial score (nSPS) is 12.3. The number of nitrogens with two attached hydrogens (primary N) is 1. The Morgan fingerprint density at radius 2 is 1.94 bits per heavy atom. The number of aromatic amines is 1. The molecule has 0 radical (unpaired) electrons. The Labute approximate surface area is 100 Å². The van der Waals surface area contributed by atoms with Crippen LogP contribution in [0.2, 0.25) is 0 Å². The van der Waals surface area contributed by atoms with Crippen LogP contribution in [0.4, 0.5) is 18.9 Å². The number of rotatable bonds is 2. The van der Waals surface area contributed by atoms with Gasteiger partial charge in [0.15, 0.2) is 0 Å². The van der Waals surface area contributed by atoms with Gasteiger partial charge in [0.2, 0.25) is 5.91 Å². The minimum atomic E-state index is -4.61. The van der Waals surface area contributed by atoms with Gasteiger partial charge in [-0.1, -0.05) is 0 Å². The van der Waals surface area contributed by atoms with E-state index in [1.165, 1.54) is 13.8 Å². The quantitative estimate of drug-likeness (QED) is 0.745. The highest BCUT2D eigenvalue weighted by molar-refractivity contribution is 5.97. The molecule has 0 aromatic carbocycles. The van der Waals surface area contributed by atoms with E-state index in [1.807, 2.05) is 4.98 Å². The molecule has 0 saturated heterocycles. The van der Waals surface area contributed by atoms with Gasteiger partial charge in [-0.2, -0.15) is 13.2 Å². The molecule has 0 spiro atoms. The molecule has 1 aromatic rings. The highest BCUT2D eigenvalue weighted by atomic mass is 19.4. The molecule has 0 aliphatic rings. The van der Waals surface area contributed by atoms with Crippen molar-refractivity contribution in [2.24, 2.45) is 5.73 Å². The largest absolute Gasteiger partial charge is 0.417 e. The van der Waals surface area contributed by atoms with Gasteiger partial charge in [-0.25, -0.2) is 0 Å². The zero-order valence-electron chi connectivity index (χ0n) is 9.68. The first-order valence-electron chi connectivity index (χ1n) is 4.92. The lowest BCUT2D eigenvalue weighted by atomic mass is 10.1. The summed E-state index contributed by atoms with van der Waals surface area (Å²) >= 11 is 0. The number of pyridine rings is 1. The van der Waals surface area contributed by atoms with Crippen LogP contribution < -0.4 is 16.6 Å². The summed E-state index contributed by atoms with van der Waals surface area (Å²) in [6.07, 6.45) is -4.08. The molecule has 4 N–H and O–H groups in total. The van der Waals surface area contributed by atoms with E-state index in [9.17, 15) is 22.8 Å². The first kappa shape index (κ1) is 14.2. The molecule has 0 unspecified atom stereocenters. The number of anilines is 1. The van der Waals surface area contributed by atoms with Crippen molar-refractivity contribution in [3.05, 3.63) is 28.2 Å². The van der Waals surface area contributed by atoms with E-state index >= 15 is 0 Å². The second kappa shape index (κ2) is 4.45. The molecule has 0 bridgehead atoms. The van der Waals surface area contributed by atoms with Crippen LogP contribution in [0.15, 0.2) is 17.1 Å². The van der Waals surface area contributed by atoms with Gasteiger partial charge in [0.1, 0.15) is 5.69 Å². The van der Waals surface area contributed by atoms with Crippen molar-refractivity contribution in [2.45, 2.75) is 25.6 Å². The average Bonchev–Trinajstić information content (AvgIpc) is 2.18. The van der Waals surface area contributed by atoms with Crippen molar-refractivity contribution >= 4 is 11.6 Å². The summed E-state index contributed by atoms with van der Waals surface area (Å²) < 4.78 is 37.2. The van der Waals surface area contributed by atoms with Crippen molar-refractivity contribution in [1.29, 1.82) is 0 Å². The molecule has 0 aliphatic heterocycles. The lowest BCUT2D eigenvalue weighted by Crippen LogP contribution is -2.46. The number of alkyl halides is 3. The Morgan fingerprint density at radius 3 is 2.39 bits per heavy atom. The molecular formula is C10H12F3N3O2. The number of aromatic nitrogens is 1. The summed E-state index contributed by atoms with van der Waals surface area (Å²) in [4.78, 5) is 24.7. The van der Waals surface area contributed by atoms with E-state index in [4.69, 9.17) is 5.73 Å². The predicted octanol–water partition coefficient (Wildman–Crippen LogP) is 1.07. The SMILES string of the molecule is CC(C)(N)C(=O)Nc1cc(C(F)(F)F)c[nH]c1=O. The van der Waals surface area contributed by atoms with Crippen LogP contribution in [0, 0.1) is 0 Å². The van der Waals surface area contributed by atoms with Gasteiger partial charge in [-0.15, -0.1) is 0 Å². The Hall–Kier alpha value is -1.83. The fraction of sp³-hybridized carbons (Fsp3) is 0.400. The van der Waals surface area contributed by atoms with E-state index in [-0.39, 0.29) is 0 Å². The number of carbonyl (C=O) groups excluding carboxylic acids is 1. The fourth-order valence-electron chi connectivity index (χ4n) is 1.02. The molecule has 5 nitrogen and oxygen atoms in total.